The van der Waals surface area contributed by atoms with Crippen LogP contribution in [0.4, 0.5) is 0 Å². The zero-order chi connectivity index (χ0) is 14.7. The average molecular weight is 353 g/mol. The van der Waals surface area contributed by atoms with Gasteiger partial charge in [0.2, 0.25) is 5.91 Å². The lowest BCUT2D eigenvalue weighted by Crippen LogP contribution is -2.48. The number of benzene rings is 1. The lowest BCUT2D eigenvalue weighted by atomic mass is 10.00. The molecule has 0 aromatic heterocycles. The van der Waals surface area contributed by atoms with E-state index in [-0.39, 0.29) is 5.91 Å². The Kier molecular flexibility index (Phi) is 4.80. The minimum atomic E-state index is 0.0938. The molecule has 2 N–H and O–H groups in total. The van der Waals surface area contributed by atoms with E-state index < -0.39 is 0 Å². The Balaban J connectivity index is 1.38. The van der Waals surface area contributed by atoms with Gasteiger partial charge in [-0.15, -0.1) is 0 Å². The largest absolute Gasteiger partial charge is 0.493 e. The first kappa shape index (κ1) is 14.9. The maximum atomic E-state index is 12.0. The summed E-state index contributed by atoms with van der Waals surface area (Å²) in [6.07, 6.45) is 5.04. The van der Waals surface area contributed by atoms with E-state index in [1.165, 1.54) is 12.8 Å². The SMILES string of the molecule is O=C(CCOc1cccc(Br)c1)NC1CC2CCC(C1)N2. The maximum Gasteiger partial charge on any atom is 0.223 e. The highest BCUT2D eigenvalue weighted by Crippen LogP contribution is 2.26. The quantitative estimate of drug-likeness (QED) is 0.856. The highest BCUT2D eigenvalue weighted by Gasteiger charge is 2.33. The van der Waals surface area contributed by atoms with Crippen LogP contribution in [0.2, 0.25) is 0 Å². The van der Waals surface area contributed by atoms with Gasteiger partial charge in [0.25, 0.3) is 0 Å². The second-order valence-electron chi connectivity index (χ2n) is 5.93. The van der Waals surface area contributed by atoms with E-state index in [9.17, 15) is 4.79 Å². The van der Waals surface area contributed by atoms with Crippen LogP contribution >= 0.6 is 15.9 Å². The summed E-state index contributed by atoms with van der Waals surface area (Å²) in [5.41, 5.74) is 0. The van der Waals surface area contributed by atoms with Crippen molar-refractivity contribution in [2.75, 3.05) is 6.61 Å². The van der Waals surface area contributed by atoms with Gasteiger partial charge < -0.3 is 15.4 Å². The van der Waals surface area contributed by atoms with Gasteiger partial charge in [-0.1, -0.05) is 22.0 Å². The smallest absolute Gasteiger partial charge is 0.223 e. The number of amides is 1. The summed E-state index contributed by atoms with van der Waals surface area (Å²) in [4.78, 5) is 12.0. The molecule has 4 nitrogen and oxygen atoms in total. The van der Waals surface area contributed by atoms with Crippen molar-refractivity contribution in [3.05, 3.63) is 28.7 Å². The first-order chi connectivity index (χ1) is 10.2. The molecule has 2 saturated heterocycles. The molecule has 1 aromatic rings. The highest BCUT2D eigenvalue weighted by molar-refractivity contribution is 9.10. The number of ether oxygens (including phenoxy) is 1. The number of fused-ring (bicyclic) bond motifs is 2. The number of piperidine rings is 1. The van der Waals surface area contributed by atoms with Gasteiger partial charge in [0.15, 0.2) is 0 Å². The van der Waals surface area contributed by atoms with Crippen LogP contribution in [0.3, 0.4) is 0 Å². The Morgan fingerprint density at radius 2 is 2.10 bits per heavy atom. The third-order valence-electron chi connectivity index (χ3n) is 4.23. The van der Waals surface area contributed by atoms with Crippen LogP contribution in [-0.2, 0) is 4.79 Å². The summed E-state index contributed by atoms with van der Waals surface area (Å²) in [5.74, 6) is 0.883. The number of nitrogens with one attached hydrogen (secondary N) is 2. The minimum absolute atomic E-state index is 0.0938. The van der Waals surface area contributed by atoms with Gasteiger partial charge in [-0.25, -0.2) is 0 Å². The summed E-state index contributed by atoms with van der Waals surface area (Å²) >= 11 is 3.40. The number of carbonyl (C=O) groups excluding carboxylic acids is 1. The molecule has 3 rings (SSSR count). The van der Waals surface area contributed by atoms with Crippen molar-refractivity contribution < 1.29 is 9.53 Å². The fourth-order valence-corrected chi connectivity index (χ4v) is 3.67. The molecular formula is C16H21BrN2O2. The molecule has 5 heteroatoms. The molecule has 2 aliphatic heterocycles. The van der Waals surface area contributed by atoms with Crippen LogP contribution in [0.25, 0.3) is 0 Å². The predicted octanol–water partition coefficient (Wildman–Crippen LogP) is 2.62. The first-order valence-electron chi connectivity index (χ1n) is 7.63. The number of carbonyl (C=O) groups is 1. The maximum absolute atomic E-state index is 12.0. The highest BCUT2D eigenvalue weighted by atomic mass is 79.9. The standard InChI is InChI=1S/C16H21BrN2O2/c17-11-2-1-3-15(8-11)21-7-6-16(20)19-14-9-12-4-5-13(10-14)18-12/h1-3,8,12-14,18H,4-7,9-10H2,(H,19,20). The van der Waals surface area contributed by atoms with Gasteiger partial charge >= 0.3 is 0 Å². The van der Waals surface area contributed by atoms with E-state index in [4.69, 9.17) is 4.74 Å². The lowest BCUT2D eigenvalue weighted by molar-refractivity contribution is -0.122. The summed E-state index contributed by atoms with van der Waals surface area (Å²) in [7, 11) is 0. The molecule has 0 radical (unpaired) electrons. The molecule has 2 unspecified atom stereocenters. The van der Waals surface area contributed by atoms with Gasteiger partial charge in [0.1, 0.15) is 5.75 Å². The van der Waals surface area contributed by atoms with Crippen molar-refractivity contribution in [3.63, 3.8) is 0 Å². The number of hydrogen-bond donors (Lipinski definition) is 2. The molecule has 0 aliphatic carbocycles. The number of rotatable bonds is 5. The molecule has 2 fully saturated rings. The Labute approximate surface area is 133 Å². The van der Waals surface area contributed by atoms with Crippen LogP contribution in [0.1, 0.15) is 32.1 Å². The number of hydrogen-bond acceptors (Lipinski definition) is 3. The van der Waals surface area contributed by atoms with Gasteiger partial charge in [-0.2, -0.15) is 0 Å². The molecule has 0 spiro atoms. The summed E-state index contributed by atoms with van der Waals surface area (Å²) < 4.78 is 6.58. The molecule has 2 atom stereocenters. The molecule has 1 amide bonds. The van der Waals surface area contributed by atoms with E-state index in [2.05, 4.69) is 26.6 Å². The van der Waals surface area contributed by atoms with Crippen molar-refractivity contribution in [1.82, 2.24) is 10.6 Å². The van der Waals surface area contributed by atoms with Crippen LogP contribution in [0, 0.1) is 0 Å². The molecule has 2 aliphatic rings. The summed E-state index contributed by atoms with van der Waals surface area (Å²) in [5, 5.41) is 6.73. The zero-order valence-corrected chi connectivity index (χ0v) is 13.6. The van der Waals surface area contributed by atoms with Crippen molar-refractivity contribution in [1.29, 1.82) is 0 Å². The normalized spacial score (nSPS) is 27.4. The Hall–Kier alpha value is -1.07. The Morgan fingerprint density at radius 1 is 1.33 bits per heavy atom. The fourth-order valence-electron chi connectivity index (χ4n) is 3.29. The van der Waals surface area contributed by atoms with Crippen molar-refractivity contribution in [3.8, 4) is 5.75 Å². The third kappa shape index (κ3) is 4.20. The number of halogens is 1. The van der Waals surface area contributed by atoms with Crippen LogP contribution in [-0.4, -0.2) is 30.6 Å². The van der Waals surface area contributed by atoms with E-state index in [0.717, 1.165) is 23.1 Å². The monoisotopic (exact) mass is 352 g/mol. The predicted molar refractivity (Wildman–Crippen MR) is 85.4 cm³/mol. The summed E-state index contributed by atoms with van der Waals surface area (Å²) in [6.45, 7) is 0.417. The molecule has 1 aromatic carbocycles. The van der Waals surface area contributed by atoms with Crippen LogP contribution in [0.15, 0.2) is 28.7 Å². The van der Waals surface area contributed by atoms with Crippen LogP contribution in [0.5, 0.6) is 5.75 Å². The third-order valence-corrected chi connectivity index (χ3v) is 4.73. The van der Waals surface area contributed by atoms with Crippen molar-refractivity contribution in [2.45, 2.75) is 50.2 Å². The van der Waals surface area contributed by atoms with Gasteiger partial charge in [0, 0.05) is 22.6 Å². The van der Waals surface area contributed by atoms with E-state index in [0.29, 0.717) is 31.2 Å². The van der Waals surface area contributed by atoms with Crippen LogP contribution < -0.4 is 15.4 Å². The van der Waals surface area contributed by atoms with Gasteiger partial charge in [0.05, 0.1) is 13.0 Å². The van der Waals surface area contributed by atoms with Gasteiger partial charge in [-0.3, -0.25) is 4.79 Å². The minimum Gasteiger partial charge on any atom is -0.493 e. The fraction of sp³-hybridized carbons (Fsp3) is 0.562. The van der Waals surface area contributed by atoms with E-state index >= 15 is 0 Å². The second-order valence-corrected chi connectivity index (χ2v) is 6.85. The average Bonchev–Trinajstić information content (AvgIpc) is 2.78. The van der Waals surface area contributed by atoms with Gasteiger partial charge in [-0.05, 0) is 43.9 Å². The summed E-state index contributed by atoms with van der Waals surface area (Å²) in [6, 6.07) is 9.21. The molecule has 21 heavy (non-hydrogen) atoms. The Bertz CT molecular complexity index is 497. The van der Waals surface area contributed by atoms with E-state index in [1.54, 1.807) is 0 Å². The molecule has 2 heterocycles. The zero-order valence-electron chi connectivity index (χ0n) is 12.0. The van der Waals surface area contributed by atoms with Crippen molar-refractivity contribution >= 4 is 21.8 Å². The molecular weight excluding hydrogens is 332 g/mol. The molecule has 114 valence electrons. The van der Waals surface area contributed by atoms with E-state index in [1.807, 2.05) is 24.3 Å². The first-order valence-corrected chi connectivity index (χ1v) is 8.42. The molecule has 2 bridgehead atoms. The second kappa shape index (κ2) is 6.79. The Morgan fingerprint density at radius 3 is 2.81 bits per heavy atom. The lowest BCUT2D eigenvalue weighted by Gasteiger charge is -2.29. The molecule has 0 saturated carbocycles. The topological polar surface area (TPSA) is 50.4 Å². The van der Waals surface area contributed by atoms with Crippen molar-refractivity contribution in [2.24, 2.45) is 0 Å².